The number of benzene rings is 1. The minimum atomic E-state index is -0.217. The summed E-state index contributed by atoms with van der Waals surface area (Å²) >= 11 is 2.04. The van der Waals surface area contributed by atoms with Gasteiger partial charge in [0.15, 0.2) is 0 Å². The van der Waals surface area contributed by atoms with E-state index in [1.165, 1.54) is 6.07 Å². The standard InChI is InChI=1S/C10H12FIO/c1-6(2)10-7(5-13)3-8(12)4-9(10)11/h3-4,6,13H,5H2,1-2H3. The van der Waals surface area contributed by atoms with Gasteiger partial charge in [-0.15, -0.1) is 0 Å². The highest BCUT2D eigenvalue weighted by molar-refractivity contribution is 14.1. The molecule has 0 fully saturated rings. The molecule has 0 radical (unpaired) electrons. The summed E-state index contributed by atoms with van der Waals surface area (Å²) in [7, 11) is 0. The first-order valence-corrected chi connectivity index (χ1v) is 5.22. The smallest absolute Gasteiger partial charge is 0.128 e. The summed E-state index contributed by atoms with van der Waals surface area (Å²) in [4.78, 5) is 0. The topological polar surface area (TPSA) is 20.2 Å². The van der Waals surface area contributed by atoms with Gasteiger partial charge in [0.1, 0.15) is 5.82 Å². The van der Waals surface area contributed by atoms with Gasteiger partial charge in [0.2, 0.25) is 0 Å². The van der Waals surface area contributed by atoms with E-state index in [1.54, 1.807) is 0 Å². The van der Waals surface area contributed by atoms with Crippen molar-refractivity contribution in [1.82, 2.24) is 0 Å². The van der Waals surface area contributed by atoms with Gasteiger partial charge in [-0.1, -0.05) is 13.8 Å². The summed E-state index contributed by atoms with van der Waals surface area (Å²) < 4.78 is 14.3. The zero-order valence-electron chi connectivity index (χ0n) is 7.64. The van der Waals surface area contributed by atoms with Gasteiger partial charge in [-0.25, -0.2) is 4.39 Å². The average molecular weight is 294 g/mol. The molecule has 0 aliphatic heterocycles. The fourth-order valence-corrected chi connectivity index (χ4v) is 2.06. The molecule has 1 aromatic carbocycles. The molecule has 0 aromatic heterocycles. The highest BCUT2D eigenvalue weighted by Gasteiger charge is 2.12. The molecule has 1 nitrogen and oxygen atoms in total. The summed E-state index contributed by atoms with van der Waals surface area (Å²) in [6.07, 6.45) is 0. The molecular weight excluding hydrogens is 282 g/mol. The Hall–Kier alpha value is -0.160. The molecule has 0 unspecified atom stereocenters. The van der Waals surface area contributed by atoms with Crippen molar-refractivity contribution >= 4 is 22.6 Å². The fourth-order valence-electron chi connectivity index (χ4n) is 1.42. The number of halogens is 2. The highest BCUT2D eigenvalue weighted by Crippen LogP contribution is 2.25. The maximum atomic E-state index is 13.4. The van der Waals surface area contributed by atoms with Crippen LogP contribution in [0, 0.1) is 9.39 Å². The van der Waals surface area contributed by atoms with Crippen LogP contribution in [0.1, 0.15) is 30.9 Å². The summed E-state index contributed by atoms with van der Waals surface area (Å²) in [6, 6.07) is 3.31. The predicted molar refractivity (Wildman–Crippen MR) is 59.1 cm³/mol. The lowest BCUT2D eigenvalue weighted by Gasteiger charge is -2.12. The number of rotatable bonds is 2. The Kier molecular flexibility index (Phi) is 3.67. The van der Waals surface area contributed by atoms with E-state index in [9.17, 15) is 4.39 Å². The molecule has 0 bridgehead atoms. The van der Waals surface area contributed by atoms with Crippen LogP contribution in [0.4, 0.5) is 4.39 Å². The van der Waals surface area contributed by atoms with Crippen LogP contribution in [-0.4, -0.2) is 5.11 Å². The third-order valence-electron chi connectivity index (χ3n) is 1.93. The zero-order chi connectivity index (χ0) is 10.0. The van der Waals surface area contributed by atoms with Crippen molar-refractivity contribution in [2.45, 2.75) is 26.4 Å². The molecule has 0 amide bonds. The monoisotopic (exact) mass is 294 g/mol. The molecule has 0 heterocycles. The second-order valence-electron chi connectivity index (χ2n) is 3.27. The second-order valence-corrected chi connectivity index (χ2v) is 4.52. The molecule has 1 aromatic rings. The van der Waals surface area contributed by atoms with Crippen LogP contribution < -0.4 is 0 Å². The van der Waals surface area contributed by atoms with Crippen LogP contribution in [0.15, 0.2) is 12.1 Å². The molecule has 72 valence electrons. The van der Waals surface area contributed by atoms with Gasteiger partial charge in [-0.2, -0.15) is 0 Å². The Morgan fingerprint density at radius 2 is 2.08 bits per heavy atom. The van der Waals surface area contributed by atoms with Crippen molar-refractivity contribution in [3.05, 3.63) is 32.6 Å². The van der Waals surface area contributed by atoms with Gasteiger partial charge < -0.3 is 5.11 Å². The van der Waals surface area contributed by atoms with Crippen LogP contribution in [0.3, 0.4) is 0 Å². The second kappa shape index (κ2) is 4.37. The Balaban J connectivity index is 3.30. The van der Waals surface area contributed by atoms with Crippen molar-refractivity contribution in [3.8, 4) is 0 Å². The number of hydrogen-bond donors (Lipinski definition) is 1. The summed E-state index contributed by atoms with van der Waals surface area (Å²) in [6.45, 7) is 3.75. The first-order valence-electron chi connectivity index (χ1n) is 4.15. The number of hydrogen-bond acceptors (Lipinski definition) is 1. The van der Waals surface area contributed by atoms with Crippen molar-refractivity contribution < 1.29 is 9.50 Å². The lowest BCUT2D eigenvalue weighted by atomic mass is 9.97. The molecule has 0 atom stereocenters. The summed E-state index contributed by atoms with van der Waals surface area (Å²) in [5, 5.41) is 9.05. The molecule has 0 saturated heterocycles. The Morgan fingerprint density at radius 3 is 2.54 bits per heavy atom. The van der Waals surface area contributed by atoms with E-state index >= 15 is 0 Å². The van der Waals surface area contributed by atoms with Crippen LogP contribution in [0.2, 0.25) is 0 Å². The molecule has 0 saturated carbocycles. The average Bonchev–Trinajstić information content (AvgIpc) is 2.01. The van der Waals surface area contributed by atoms with Crippen LogP contribution >= 0.6 is 22.6 Å². The molecule has 13 heavy (non-hydrogen) atoms. The van der Waals surface area contributed by atoms with Gasteiger partial charge in [-0.3, -0.25) is 0 Å². The molecule has 0 aliphatic carbocycles. The van der Waals surface area contributed by atoms with Crippen molar-refractivity contribution in [2.75, 3.05) is 0 Å². The summed E-state index contributed by atoms with van der Waals surface area (Å²) in [5.41, 5.74) is 1.32. The Morgan fingerprint density at radius 1 is 1.46 bits per heavy atom. The van der Waals surface area contributed by atoms with E-state index in [0.29, 0.717) is 11.1 Å². The van der Waals surface area contributed by atoms with Crippen molar-refractivity contribution in [2.24, 2.45) is 0 Å². The van der Waals surface area contributed by atoms with Gasteiger partial charge in [0.25, 0.3) is 0 Å². The highest BCUT2D eigenvalue weighted by atomic mass is 127. The largest absolute Gasteiger partial charge is 0.392 e. The minimum Gasteiger partial charge on any atom is -0.392 e. The van der Waals surface area contributed by atoms with E-state index in [4.69, 9.17) is 5.11 Å². The SMILES string of the molecule is CC(C)c1c(F)cc(I)cc1CO. The summed E-state index contributed by atoms with van der Waals surface area (Å²) in [5.74, 6) is -0.106. The normalized spacial score (nSPS) is 10.9. The number of aliphatic hydroxyl groups excluding tert-OH is 1. The van der Waals surface area contributed by atoms with Gasteiger partial charge in [0, 0.05) is 3.57 Å². The molecule has 0 spiro atoms. The fraction of sp³-hybridized carbons (Fsp3) is 0.400. The van der Waals surface area contributed by atoms with Gasteiger partial charge in [0.05, 0.1) is 6.61 Å². The minimum absolute atomic E-state index is 0.0960. The van der Waals surface area contributed by atoms with Crippen LogP contribution in [-0.2, 0) is 6.61 Å². The predicted octanol–water partition coefficient (Wildman–Crippen LogP) is 3.05. The first-order chi connectivity index (χ1) is 6.06. The van der Waals surface area contributed by atoms with E-state index in [2.05, 4.69) is 0 Å². The molecule has 1 N–H and O–H groups in total. The third-order valence-corrected chi connectivity index (χ3v) is 2.55. The van der Waals surface area contributed by atoms with Crippen LogP contribution in [0.5, 0.6) is 0 Å². The molecule has 1 rings (SSSR count). The lowest BCUT2D eigenvalue weighted by molar-refractivity contribution is 0.279. The first kappa shape index (κ1) is 10.9. The lowest BCUT2D eigenvalue weighted by Crippen LogP contribution is -2.01. The van der Waals surface area contributed by atoms with Gasteiger partial charge in [-0.05, 0) is 51.8 Å². The molecule has 3 heteroatoms. The maximum absolute atomic E-state index is 13.4. The van der Waals surface area contributed by atoms with Gasteiger partial charge >= 0.3 is 0 Å². The van der Waals surface area contributed by atoms with E-state index < -0.39 is 0 Å². The zero-order valence-corrected chi connectivity index (χ0v) is 9.80. The number of aliphatic hydroxyl groups is 1. The van der Waals surface area contributed by atoms with E-state index in [1.807, 2.05) is 42.5 Å². The van der Waals surface area contributed by atoms with E-state index in [-0.39, 0.29) is 18.3 Å². The third kappa shape index (κ3) is 2.40. The van der Waals surface area contributed by atoms with Crippen molar-refractivity contribution in [3.63, 3.8) is 0 Å². The Labute approximate surface area is 91.1 Å². The Bertz CT molecular complexity index is 310. The molecule has 0 aliphatic rings. The quantitative estimate of drug-likeness (QED) is 0.831. The van der Waals surface area contributed by atoms with Crippen LogP contribution in [0.25, 0.3) is 0 Å². The van der Waals surface area contributed by atoms with E-state index in [0.717, 1.165) is 3.57 Å². The van der Waals surface area contributed by atoms with Crippen molar-refractivity contribution in [1.29, 1.82) is 0 Å². The maximum Gasteiger partial charge on any atom is 0.128 e. The molecular formula is C10H12FIO.